The van der Waals surface area contributed by atoms with Gasteiger partial charge in [0.25, 0.3) is 0 Å². The molecule has 0 aliphatic carbocycles. The fraction of sp³-hybridized carbons (Fsp3) is 0.533. The third-order valence-electron chi connectivity index (χ3n) is 3.64. The van der Waals surface area contributed by atoms with Crippen molar-refractivity contribution in [2.45, 2.75) is 26.2 Å². The number of hydrogen-bond donors (Lipinski definition) is 1. The van der Waals surface area contributed by atoms with E-state index in [1.807, 2.05) is 0 Å². The normalized spacial score (nSPS) is 20.2. The van der Waals surface area contributed by atoms with E-state index < -0.39 is 11.6 Å². The Morgan fingerprint density at radius 3 is 3.00 bits per heavy atom. The van der Waals surface area contributed by atoms with Crippen LogP contribution in [0.1, 0.15) is 25.3 Å². The number of aliphatic imine (C=N–C) groups is 1. The Hall–Kier alpha value is -1.65. The monoisotopic (exact) mass is 281 g/mol. The van der Waals surface area contributed by atoms with Crippen LogP contribution in [-0.4, -0.2) is 30.5 Å². The van der Waals surface area contributed by atoms with Crippen molar-refractivity contribution in [3.63, 3.8) is 0 Å². The fourth-order valence-corrected chi connectivity index (χ4v) is 2.52. The molecule has 0 saturated carbocycles. The van der Waals surface area contributed by atoms with Gasteiger partial charge in [0.2, 0.25) is 0 Å². The average Bonchev–Trinajstić information content (AvgIpc) is 2.42. The van der Waals surface area contributed by atoms with Crippen LogP contribution in [0.3, 0.4) is 0 Å². The topological polar surface area (TPSA) is 41.6 Å². The second-order valence-electron chi connectivity index (χ2n) is 5.42. The summed E-state index contributed by atoms with van der Waals surface area (Å²) in [5.41, 5.74) is 6.29. The van der Waals surface area contributed by atoms with Gasteiger partial charge in [-0.1, -0.05) is 6.92 Å². The molecule has 1 fully saturated rings. The average molecular weight is 281 g/mol. The van der Waals surface area contributed by atoms with Gasteiger partial charge in [-0.05, 0) is 48.9 Å². The summed E-state index contributed by atoms with van der Waals surface area (Å²) in [6.07, 6.45) is 2.70. The molecule has 5 heteroatoms. The van der Waals surface area contributed by atoms with Crippen molar-refractivity contribution in [3.05, 3.63) is 35.4 Å². The summed E-state index contributed by atoms with van der Waals surface area (Å²) >= 11 is 0. The highest BCUT2D eigenvalue weighted by molar-refractivity contribution is 5.78. The van der Waals surface area contributed by atoms with Gasteiger partial charge in [0, 0.05) is 19.6 Å². The molecule has 20 heavy (non-hydrogen) atoms. The molecule has 1 atom stereocenters. The second-order valence-corrected chi connectivity index (χ2v) is 5.42. The van der Waals surface area contributed by atoms with Crippen LogP contribution in [0.2, 0.25) is 0 Å². The fourth-order valence-electron chi connectivity index (χ4n) is 2.52. The van der Waals surface area contributed by atoms with Gasteiger partial charge in [-0.15, -0.1) is 0 Å². The van der Waals surface area contributed by atoms with E-state index in [1.165, 1.54) is 12.5 Å². The van der Waals surface area contributed by atoms with Crippen molar-refractivity contribution >= 4 is 5.96 Å². The molecule has 0 aromatic heterocycles. The summed E-state index contributed by atoms with van der Waals surface area (Å²) in [7, 11) is 0. The van der Waals surface area contributed by atoms with Gasteiger partial charge in [0.1, 0.15) is 11.6 Å². The predicted molar refractivity (Wildman–Crippen MR) is 76.5 cm³/mol. The quantitative estimate of drug-likeness (QED) is 0.683. The summed E-state index contributed by atoms with van der Waals surface area (Å²) in [5.74, 6) is 0.307. The van der Waals surface area contributed by atoms with Crippen LogP contribution in [0.25, 0.3) is 0 Å². The zero-order valence-electron chi connectivity index (χ0n) is 11.8. The zero-order valence-corrected chi connectivity index (χ0v) is 11.8. The Bertz CT molecular complexity index is 488. The summed E-state index contributed by atoms with van der Waals surface area (Å²) in [6, 6.07) is 3.47. The van der Waals surface area contributed by atoms with Crippen molar-refractivity contribution < 1.29 is 8.78 Å². The third-order valence-corrected chi connectivity index (χ3v) is 3.64. The highest BCUT2D eigenvalue weighted by atomic mass is 19.1. The van der Waals surface area contributed by atoms with E-state index in [0.29, 0.717) is 30.4 Å². The van der Waals surface area contributed by atoms with Gasteiger partial charge in [-0.2, -0.15) is 0 Å². The zero-order chi connectivity index (χ0) is 14.5. The first kappa shape index (κ1) is 14.8. The van der Waals surface area contributed by atoms with E-state index >= 15 is 0 Å². The molecule has 1 aliphatic rings. The summed E-state index contributed by atoms with van der Waals surface area (Å²) in [5, 5.41) is 0. The summed E-state index contributed by atoms with van der Waals surface area (Å²) in [6.45, 7) is 4.41. The van der Waals surface area contributed by atoms with Gasteiger partial charge >= 0.3 is 0 Å². The Kier molecular flexibility index (Phi) is 4.93. The lowest BCUT2D eigenvalue weighted by atomic mass is 10.0. The third kappa shape index (κ3) is 3.92. The van der Waals surface area contributed by atoms with Gasteiger partial charge in [0.05, 0.1) is 0 Å². The molecule has 1 saturated heterocycles. The van der Waals surface area contributed by atoms with Crippen LogP contribution in [0.15, 0.2) is 23.2 Å². The van der Waals surface area contributed by atoms with Crippen molar-refractivity contribution in [3.8, 4) is 0 Å². The highest BCUT2D eigenvalue weighted by Gasteiger charge is 2.17. The van der Waals surface area contributed by atoms with Crippen LogP contribution >= 0.6 is 0 Å². The number of rotatable bonds is 3. The van der Waals surface area contributed by atoms with Crippen LogP contribution in [0, 0.1) is 17.6 Å². The van der Waals surface area contributed by atoms with Gasteiger partial charge in [0.15, 0.2) is 5.96 Å². The molecule has 2 N–H and O–H groups in total. The van der Waals surface area contributed by atoms with E-state index in [9.17, 15) is 8.78 Å². The van der Waals surface area contributed by atoms with Crippen LogP contribution in [-0.2, 0) is 6.42 Å². The van der Waals surface area contributed by atoms with Crippen molar-refractivity contribution in [2.24, 2.45) is 16.6 Å². The molecule has 0 bridgehead atoms. The van der Waals surface area contributed by atoms with E-state index in [2.05, 4.69) is 16.8 Å². The number of guanidine groups is 1. The molecule has 2 rings (SSSR count). The van der Waals surface area contributed by atoms with E-state index in [0.717, 1.165) is 31.6 Å². The van der Waals surface area contributed by atoms with Crippen molar-refractivity contribution in [1.29, 1.82) is 0 Å². The first-order valence-electron chi connectivity index (χ1n) is 7.05. The van der Waals surface area contributed by atoms with Crippen LogP contribution in [0.4, 0.5) is 8.78 Å². The Morgan fingerprint density at radius 2 is 2.25 bits per heavy atom. The molecule has 0 spiro atoms. The minimum absolute atomic E-state index is 0.341. The van der Waals surface area contributed by atoms with E-state index in [1.54, 1.807) is 0 Å². The molecule has 110 valence electrons. The number of nitrogens with zero attached hydrogens (tertiary/aromatic N) is 2. The predicted octanol–water partition coefficient (Wildman–Crippen LogP) is 2.55. The number of hydrogen-bond acceptors (Lipinski definition) is 1. The van der Waals surface area contributed by atoms with Gasteiger partial charge < -0.3 is 10.6 Å². The van der Waals surface area contributed by atoms with E-state index in [-0.39, 0.29) is 0 Å². The largest absolute Gasteiger partial charge is 0.370 e. The SMILES string of the molecule is CC1CCCN(C(N)=NCCc2cc(F)ccc2F)C1. The Morgan fingerprint density at radius 1 is 1.45 bits per heavy atom. The molecule has 3 nitrogen and oxygen atoms in total. The van der Waals surface area contributed by atoms with Gasteiger partial charge in [-0.3, -0.25) is 4.99 Å². The van der Waals surface area contributed by atoms with Crippen LogP contribution < -0.4 is 5.73 Å². The number of benzene rings is 1. The van der Waals surface area contributed by atoms with Crippen molar-refractivity contribution in [1.82, 2.24) is 4.90 Å². The molecule has 1 aromatic carbocycles. The first-order chi connectivity index (χ1) is 9.56. The number of likely N-dealkylation sites (tertiary alicyclic amines) is 1. The smallest absolute Gasteiger partial charge is 0.191 e. The lowest BCUT2D eigenvalue weighted by molar-refractivity contribution is 0.270. The Labute approximate surface area is 118 Å². The molecule has 1 aliphatic heterocycles. The molecule has 1 heterocycles. The first-order valence-corrected chi connectivity index (χ1v) is 7.05. The molecule has 0 radical (unpaired) electrons. The van der Waals surface area contributed by atoms with Gasteiger partial charge in [-0.25, -0.2) is 8.78 Å². The number of piperidine rings is 1. The van der Waals surface area contributed by atoms with E-state index in [4.69, 9.17) is 5.73 Å². The Balaban J connectivity index is 1.90. The molecule has 1 aromatic rings. The second kappa shape index (κ2) is 6.68. The lowest BCUT2D eigenvalue weighted by Crippen LogP contribution is -2.43. The maximum atomic E-state index is 13.4. The molecule has 1 unspecified atom stereocenters. The number of nitrogens with two attached hydrogens (primary N) is 1. The van der Waals surface area contributed by atoms with Crippen molar-refractivity contribution in [2.75, 3.05) is 19.6 Å². The van der Waals surface area contributed by atoms with Crippen LogP contribution in [0.5, 0.6) is 0 Å². The lowest BCUT2D eigenvalue weighted by Gasteiger charge is -2.31. The standard InChI is InChI=1S/C15H21F2N3/c1-11-3-2-8-20(10-11)15(18)19-7-6-12-9-13(16)4-5-14(12)17/h4-5,9,11H,2-3,6-8,10H2,1H3,(H2,18,19). The molecule has 0 amide bonds. The minimum Gasteiger partial charge on any atom is -0.370 e. The highest BCUT2D eigenvalue weighted by Crippen LogP contribution is 2.15. The maximum Gasteiger partial charge on any atom is 0.191 e. The summed E-state index contributed by atoms with van der Waals surface area (Å²) in [4.78, 5) is 6.35. The maximum absolute atomic E-state index is 13.4. The minimum atomic E-state index is -0.428. The summed E-state index contributed by atoms with van der Waals surface area (Å²) < 4.78 is 26.5. The number of halogens is 2. The molecular weight excluding hydrogens is 260 g/mol. The molecular formula is C15H21F2N3.